The van der Waals surface area contributed by atoms with Crippen LogP contribution >= 0.6 is 0 Å². The normalized spacial score (nSPS) is 18.5. The third-order valence-corrected chi connectivity index (χ3v) is 10.00. The molecule has 2 saturated heterocycles. The van der Waals surface area contributed by atoms with Crippen LogP contribution in [-0.2, 0) is 27.7 Å². The highest BCUT2D eigenvalue weighted by Crippen LogP contribution is 2.45. The molecule has 0 radical (unpaired) electrons. The average molecular weight is 677 g/mol. The molecule has 2 fully saturated rings. The largest absolute Gasteiger partial charge is 0.490 e. The van der Waals surface area contributed by atoms with Gasteiger partial charge in [-0.1, -0.05) is 5.10 Å². The number of hydrogen-bond acceptors (Lipinski definition) is 10. The Morgan fingerprint density at radius 2 is 1.82 bits per heavy atom. The first-order valence-corrected chi connectivity index (χ1v) is 17.2. The van der Waals surface area contributed by atoms with Crippen molar-refractivity contribution in [3.8, 4) is 28.5 Å². The van der Waals surface area contributed by atoms with E-state index in [0.717, 1.165) is 69.8 Å². The number of aryl methyl sites for hydroxylation is 2. The maximum atomic E-state index is 15.8. The number of halogens is 1. The first kappa shape index (κ1) is 33.4. The number of ether oxygens (including phenoxy) is 3. The second-order valence-corrected chi connectivity index (χ2v) is 14.3. The Morgan fingerprint density at radius 1 is 1.08 bits per heavy atom. The lowest BCUT2D eigenvalue weighted by Crippen LogP contribution is -2.49. The van der Waals surface area contributed by atoms with Crippen molar-refractivity contribution in [1.82, 2.24) is 24.6 Å². The molecule has 3 aromatic heterocycles. The number of nitrogens with zero attached hydrogens (tertiary/aromatic N) is 6. The fourth-order valence-electron chi connectivity index (χ4n) is 7.59. The zero-order chi connectivity index (χ0) is 34.6. The fraction of sp³-hybridized carbons (Fsp3) is 0.556. The number of benzene rings is 1. The van der Waals surface area contributed by atoms with Crippen molar-refractivity contribution in [3.63, 3.8) is 0 Å². The molecular weight excluding hydrogens is 631 g/mol. The predicted molar refractivity (Wildman–Crippen MR) is 182 cm³/mol. The number of anilines is 1. The minimum Gasteiger partial charge on any atom is -0.490 e. The zero-order valence-corrected chi connectivity index (χ0v) is 29.1. The smallest absolute Gasteiger partial charge is 0.337 e. The Morgan fingerprint density at radius 3 is 2.51 bits per heavy atom. The Kier molecular flexibility index (Phi) is 8.87. The van der Waals surface area contributed by atoms with E-state index in [4.69, 9.17) is 23.6 Å². The lowest BCUT2D eigenvalue weighted by atomic mass is 9.86. The van der Waals surface area contributed by atoms with Gasteiger partial charge in [0.05, 0.1) is 25.4 Å². The van der Waals surface area contributed by atoms with Crippen LogP contribution in [0, 0.1) is 19.7 Å². The summed E-state index contributed by atoms with van der Waals surface area (Å²) in [5.74, 6) is -1.06. The van der Waals surface area contributed by atoms with Crippen molar-refractivity contribution in [2.45, 2.75) is 78.0 Å². The van der Waals surface area contributed by atoms with Crippen molar-refractivity contribution in [2.75, 3.05) is 50.9 Å². The summed E-state index contributed by atoms with van der Waals surface area (Å²) in [6, 6.07) is 4.31. The van der Waals surface area contributed by atoms with Gasteiger partial charge in [-0.15, -0.1) is 5.10 Å². The Balaban J connectivity index is 1.33. The van der Waals surface area contributed by atoms with Gasteiger partial charge in [-0.3, -0.25) is 4.90 Å². The van der Waals surface area contributed by atoms with Crippen LogP contribution in [0.4, 0.5) is 10.4 Å². The van der Waals surface area contributed by atoms with Crippen molar-refractivity contribution < 1.29 is 32.9 Å². The Labute approximate surface area is 285 Å². The van der Waals surface area contributed by atoms with Gasteiger partial charge in [-0.2, -0.15) is 0 Å². The molecule has 12 nitrogen and oxygen atoms in total. The fourth-order valence-corrected chi connectivity index (χ4v) is 7.59. The third kappa shape index (κ3) is 6.28. The molecule has 1 aromatic carbocycles. The number of aromatic nitrogens is 4. The number of pyridine rings is 1. The van der Waals surface area contributed by atoms with Crippen LogP contribution in [0.2, 0.25) is 0 Å². The van der Waals surface area contributed by atoms with Crippen molar-refractivity contribution in [3.05, 3.63) is 40.3 Å². The lowest BCUT2D eigenvalue weighted by Gasteiger charge is -2.39. The summed E-state index contributed by atoms with van der Waals surface area (Å²) in [5.41, 5.74) is 3.98. The summed E-state index contributed by atoms with van der Waals surface area (Å²) >= 11 is 0. The summed E-state index contributed by atoms with van der Waals surface area (Å²) in [5, 5.41) is 20.0. The maximum Gasteiger partial charge on any atom is 0.337 e. The van der Waals surface area contributed by atoms with Gasteiger partial charge >= 0.3 is 12.0 Å². The second-order valence-electron chi connectivity index (χ2n) is 14.3. The minimum atomic E-state index is -1.36. The van der Waals surface area contributed by atoms with Crippen LogP contribution in [0.25, 0.3) is 33.7 Å². The molecule has 49 heavy (non-hydrogen) atoms. The van der Waals surface area contributed by atoms with Crippen molar-refractivity contribution >= 4 is 23.0 Å². The third-order valence-electron chi connectivity index (χ3n) is 10.00. The summed E-state index contributed by atoms with van der Waals surface area (Å²) in [7, 11) is 1.86. The number of piperidine rings is 1. The second kappa shape index (κ2) is 13.0. The summed E-state index contributed by atoms with van der Waals surface area (Å²) in [6.07, 6.45) is 2.07. The molecular formula is C36H45FN6O6. The summed E-state index contributed by atoms with van der Waals surface area (Å²) < 4.78 is 41.4. The van der Waals surface area contributed by atoms with Gasteiger partial charge in [0.2, 0.25) is 0 Å². The molecule has 13 heteroatoms. The van der Waals surface area contributed by atoms with Gasteiger partial charge in [-0.05, 0) is 83.6 Å². The molecule has 3 aliphatic rings. The molecule has 0 spiro atoms. The SMILES string of the molecule is Cc1nc2c(cc(-c3nnc(N4CCC(N5CCOCC5)CC4)o3)n2C)c(-c2cc(F)c3c(c2C)CCCO3)c1[C@H](OC(C)(C)C)C(=O)O. The van der Waals surface area contributed by atoms with Crippen molar-refractivity contribution in [2.24, 2.45) is 7.05 Å². The summed E-state index contributed by atoms with van der Waals surface area (Å²) in [4.78, 5) is 22.5. The van der Waals surface area contributed by atoms with E-state index in [1.54, 1.807) is 6.92 Å². The van der Waals surface area contributed by atoms with Crippen molar-refractivity contribution in [1.29, 1.82) is 0 Å². The number of carbonyl (C=O) groups is 1. The van der Waals surface area contributed by atoms with E-state index in [0.29, 0.717) is 70.1 Å². The van der Waals surface area contributed by atoms with E-state index in [2.05, 4.69) is 20.0 Å². The quantitative estimate of drug-likeness (QED) is 0.262. The number of rotatable bonds is 7. The topological polar surface area (TPSA) is 128 Å². The van der Waals surface area contributed by atoms with E-state index in [-0.39, 0.29) is 5.75 Å². The monoisotopic (exact) mass is 676 g/mol. The summed E-state index contributed by atoms with van der Waals surface area (Å²) in [6.45, 7) is 14.7. The highest BCUT2D eigenvalue weighted by atomic mass is 19.1. The van der Waals surface area contributed by atoms with Gasteiger partial charge in [0.1, 0.15) is 11.3 Å². The average Bonchev–Trinajstić information content (AvgIpc) is 3.70. The van der Waals surface area contributed by atoms with Crippen LogP contribution in [0.1, 0.15) is 68.5 Å². The first-order valence-electron chi connectivity index (χ1n) is 17.2. The maximum absolute atomic E-state index is 15.8. The number of morpholine rings is 1. The minimum absolute atomic E-state index is 0.262. The Hall–Kier alpha value is -4.07. The zero-order valence-electron chi connectivity index (χ0n) is 29.1. The van der Waals surface area contributed by atoms with E-state index >= 15 is 4.39 Å². The molecule has 0 unspecified atom stereocenters. The molecule has 1 atom stereocenters. The van der Waals surface area contributed by atoms with Crippen LogP contribution in [0.15, 0.2) is 16.5 Å². The standard InChI is InChI=1S/C36H45FN6O6/c1-20-23-8-7-15-47-30(23)26(37)18-24(20)29-25-19-27(41(6)32(25)38-21(2)28(29)31(34(44)45)49-36(3,4)5)33-39-40-35(48-33)43-11-9-22(10-12-43)42-13-16-46-17-14-42/h18-19,22,31H,7-17H2,1-6H3,(H,44,45)/t31-/m0/s1. The highest BCUT2D eigenvalue weighted by Gasteiger charge is 2.35. The van der Waals surface area contributed by atoms with E-state index in [1.165, 1.54) is 6.07 Å². The van der Waals surface area contributed by atoms with Crippen LogP contribution in [0.3, 0.4) is 0 Å². The van der Waals surface area contributed by atoms with Crippen LogP contribution in [0.5, 0.6) is 5.75 Å². The molecule has 4 aromatic rings. The van der Waals surface area contributed by atoms with E-state index < -0.39 is 23.5 Å². The van der Waals surface area contributed by atoms with Gasteiger partial charge in [0, 0.05) is 67.0 Å². The van der Waals surface area contributed by atoms with Gasteiger partial charge in [-0.25, -0.2) is 14.2 Å². The molecule has 3 aliphatic heterocycles. The van der Waals surface area contributed by atoms with Gasteiger partial charge in [0.25, 0.3) is 5.89 Å². The Bertz CT molecular complexity index is 1880. The molecule has 7 rings (SSSR count). The molecule has 0 bridgehead atoms. The molecule has 1 N–H and O–H groups in total. The number of aliphatic carboxylic acids is 1. The van der Waals surface area contributed by atoms with Gasteiger partial charge < -0.3 is 33.2 Å². The van der Waals surface area contributed by atoms with Gasteiger partial charge in [0.15, 0.2) is 17.7 Å². The number of hydrogen-bond donors (Lipinski definition) is 1. The number of fused-ring (bicyclic) bond motifs is 2. The lowest BCUT2D eigenvalue weighted by molar-refractivity contribution is -0.160. The predicted octanol–water partition coefficient (Wildman–Crippen LogP) is 5.61. The highest BCUT2D eigenvalue weighted by molar-refractivity contribution is 6.01. The first-order chi connectivity index (χ1) is 23.4. The number of carboxylic acid groups (broad SMARTS) is 1. The van der Waals surface area contributed by atoms with Crippen LogP contribution < -0.4 is 9.64 Å². The van der Waals surface area contributed by atoms with E-state index in [9.17, 15) is 9.90 Å². The van der Waals surface area contributed by atoms with Crippen LogP contribution in [-0.4, -0.2) is 93.4 Å². The number of carboxylic acids is 1. The van der Waals surface area contributed by atoms with E-state index in [1.807, 2.05) is 45.4 Å². The molecule has 262 valence electrons. The molecule has 0 amide bonds. The molecule has 0 saturated carbocycles. The molecule has 0 aliphatic carbocycles. The molecule has 6 heterocycles.